The van der Waals surface area contributed by atoms with E-state index < -0.39 is 0 Å². The average molecular weight is 369 g/mol. The van der Waals surface area contributed by atoms with Crippen LogP contribution in [0.5, 0.6) is 0 Å². The van der Waals surface area contributed by atoms with Gasteiger partial charge in [0.25, 0.3) is 0 Å². The van der Waals surface area contributed by atoms with Crippen molar-refractivity contribution in [3.63, 3.8) is 0 Å². The van der Waals surface area contributed by atoms with Crippen molar-refractivity contribution in [2.75, 3.05) is 18.0 Å². The normalized spacial score (nSPS) is 25.9. The molecule has 2 nitrogen and oxygen atoms in total. The molecule has 0 N–H and O–H groups in total. The summed E-state index contributed by atoms with van der Waals surface area (Å²) in [6.07, 6.45) is 2.93. The van der Waals surface area contributed by atoms with Crippen molar-refractivity contribution in [3.8, 4) is 0 Å². The molecule has 0 radical (unpaired) electrons. The van der Waals surface area contributed by atoms with E-state index in [1.807, 2.05) is 6.07 Å². The number of pyridine rings is 1. The molecule has 2 unspecified atom stereocenters. The highest BCUT2D eigenvalue weighted by molar-refractivity contribution is 9.10. The smallest absolute Gasteiger partial charge is 0.147 e. The van der Waals surface area contributed by atoms with Gasteiger partial charge >= 0.3 is 0 Å². The van der Waals surface area contributed by atoms with Crippen molar-refractivity contribution >= 4 is 49.3 Å². The molecule has 0 aliphatic carbocycles. The van der Waals surface area contributed by atoms with Crippen molar-refractivity contribution in [3.05, 3.63) is 21.8 Å². The fourth-order valence-electron chi connectivity index (χ4n) is 1.95. The third-order valence-corrected chi connectivity index (χ3v) is 4.96. The Morgan fingerprint density at radius 3 is 2.94 bits per heavy atom. The Kier molecular flexibility index (Phi) is 4.14. The zero-order valence-electron chi connectivity index (χ0n) is 8.96. The van der Waals surface area contributed by atoms with Crippen LogP contribution in [-0.4, -0.2) is 22.9 Å². The molecule has 1 aromatic heterocycles. The Morgan fingerprint density at radius 1 is 1.56 bits per heavy atom. The second-order valence-electron chi connectivity index (χ2n) is 4.19. The van der Waals surface area contributed by atoms with Gasteiger partial charge in [-0.15, -0.1) is 0 Å². The summed E-state index contributed by atoms with van der Waals surface area (Å²) in [6, 6.07) is 1.90. The molecule has 1 aliphatic rings. The summed E-state index contributed by atoms with van der Waals surface area (Å²) < 4.78 is 0.921. The number of anilines is 1. The molecule has 2 heterocycles. The molecule has 0 bridgehead atoms. The van der Waals surface area contributed by atoms with Gasteiger partial charge in [0.15, 0.2) is 0 Å². The molecule has 1 saturated heterocycles. The summed E-state index contributed by atoms with van der Waals surface area (Å²) in [5, 5.41) is 0.717. The molecular formula is C11H13Br2ClN2. The van der Waals surface area contributed by atoms with Gasteiger partial charge in [0.1, 0.15) is 5.82 Å². The second-order valence-corrected chi connectivity index (χ2v) is 6.69. The molecule has 1 aliphatic heterocycles. The molecule has 16 heavy (non-hydrogen) atoms. The standard InChI is InChI=1S/C11H13Br2ClN2/c1-7-6-16(3-2-9(7)13)11-10(14)4-8(12)5-15-11/h4-5,7,9H,2-3,6H2,1H3. The summed E-state index contributed by atoms with van der Waals surface area (Å²) in [5.41, 5.74) is 0. The molecule has 0 saturated carbocycles. The second kappa shape index (κ2) is 5.23. The number of nitrogens with zero attached hydrogens (tertiary/aromatic N) is 2. The first kappa shape index (κ1) is 12.7. The van der Waals surface area contributed by atoms with Gasteiger partial charge in [0.2, 0.25) is 0 Å². The maximum Gasteiger partial charge on any atom is 0.147 e. The van der Waals surface area contributed by atoms with Gasteiger partial charge in [-0.25, -0.2) is 4.98 Å². The fraction of sp³-hybridized carbons (Fsp3) is 0.545. The molecule has 1 aromatic rings. The van der Waals surface area contributed by atoms with Gasteiger partial charge < -0.3 is 4.90 Å². The largest absolute Gasteiger partial charge is 0.355 e. The van der Waals surface area contributed by atoms with Crippen LogP contribution in [0.1, 0.15) is 13.3 Å². The van der Waals surface area contributed by atoms with Crippen molar-refractivity contribution in [2.24, 2.45) is 5.92 Å². The molecular weight excluding hydrogens is 355 g/mol. The lowest BCUT2D eigenvalue weighted by molar-refractivity contribution is 0.464. The van der Waals surface area contributed by atoms with E-state index >= 15 is 0 Å². The van der Waals surface area contributed by atoms with E-state index in [9.17, 15) is 0 Å². The van der Waals surface area contributed by atoms with Crippen LogP contribution in [0.25, 0.3) is 0 Å². The highest BCUT2D eigenvalue weighted by Crippen LogP contribution is 2.31. The number of halogens is 3. The maximum absolute atomic E-state index is 6.20. The van der Waals surface area contributed by atoms with Gasteiger partial charge in [-0.1, -0.05) is 34.5 Å². The highest BCUT2D eigenvalue weighted by atomic mass is 79.9. The van der Waals surface area contributed by atoms with Gasteiger partial charge in [0, 0.05) is 28.6 Å². The van der Waals surface area contributed by atoms with Gasteiger partial charge in [0.05, 0.1) is 5.02 Å². The molecule has 0 spiro atoms. The SMILES string of the molecule is CC1CN(c2ncc(Br)cc2Cl)CCC1Br. The minimum absolute atomic E-state index is 0.609. The van der Waals surface area contributed by atoms with Crippen LogP contribution in [0.3, 0.4) is 0 Å². The molecule has 0 amide bonds. The number of alkyl halides is 1. The Labute approximate surface area is 118 Å². The first-order valence-corrected chi connectivity index (χ1v) is 7.36. The van der Waals surface area contributed by atoms with Gasteiger partial charge in [-0.2, -0.15) is 0 Å². The van der Waals surface area contributed by atoms with Crippen LogP contribution in [0.15, 0.2) is 16.7 Å². The van der Waals surface area contributed by atoms with Crippen LogP contribution < -0.4 is 4.90 Å². The highest BCUT2D eigenvalue weighted by Gasteiger charge is 2.25. The Hall–Kier alpha value is 0.200. The van der Waals surface area contributed by atoms with E-state index in [2.05, 4.69) is 48.7 Å². The number of piperidine rings is 1. The molecule has 2 rings (SSSR count). The Morgan fingerprint density at radius 2 is 2.31 bits per heavy atom. The summed E-state index contributed by atoms with van der Waals surface area (Å²) in [5.74, 6) is 1.52. The van der Waals surface area contributed by atoms with E-state index in [-0.39, 0.29) is 0 Å². The lowest BCUT2D eigenvalue weighted by atomic mass is 10.0. The van der Waals surface area contributed by atoms with Crippen LogP contribution >= 0.6 is 43.5 Å². The Bertz CT molecular complexity index is 386. The molecule has 5 heteroatoms. The first-order valence-electron chi connectivity index (χ1n) is 5.28. The first-order chi connectivity index (χ1) is 7.58. The zero-order valence-corrected chi connectivity index (χ0v) is 12.9. The third-order valence-electron chi connectivity index (χ3n) is 2.89. The maximum atomic E-state index is 6.20. The average Bonchev–Trinajstić information content (AvgIpc) is 2.22. The summed E-state index contributed by atoms with van der Waals surface area (Å²) >= 11 is 13.3. The molecule has 2 atom stereocenters. The van der Waals surface area contributed by atoms with Crippen LogP contribution in [0.2, 0.25) is 5.02 Å². The van der Waals surface area contributed by atoms with E-state index in [0.717, 1.165) is 34.8 Å². The lowest BCUT2D eigenvalue weighted by Crippen LogP contribution is -2.40. The Balaban J connectivity index is 2.18. The summed E-state index contributed by atoms with van der Waals surface area (Å²) in [4.78, 5) is 7.26. The minimum atomic E-state index is 0.609. The summed E-state index contributed by atoms with van der Waals surface area (Å²) in [6.45, 7) is 4.26. The summed E-state index contributed by atoms with van der Waals surface area (Å²) in [7, 11) is 0. The van der Waals surface area contributed by atoms with E-state index in [0.29, 0.717) is 10.7 Å². The predicted octanol–water partition coefficient (Wildman–Crippen LogP) is 4.11. The van der Waals surface area contributed by atoms with Crippen molar-refractivity contribution < 1.29 is 0 Å². The van der Waals surface area contributed by atoms with Crippen LogP contribution in [0, 0.1) is 5.92 Å². The van der Waals surface area contributed by atoms with Crippen molar-refractivity contribution in [2.45, 2.75) is 18.2 Å². The molecule has 0 aromatic carbocycles. The number of rotatable bonds is 1. The molecule has 88 valence electrons. The third kappa shape index (κ3) is 2.71. The quantitative estimate of drug-likeness (QED) is 0.694. The number of aromatic nitrogens is 1. The van der Waals surface area contributed by atoms with Crippen LogP contribution in [-0.2, 0) is 0 Å². The number of hydrogen-bond acceptors (Lipinski definition) is 2. The fourth-order valence-corrected chi connectivity index (χ4v) is 3.07. The lowest BCUT2D eigenvalue weighted by Gasteiger charge is -2.35. The predicted molar refractivity (Wildman–Crippen MR) is 75.7 cm³/mol. The minimum Gasteiger partial charge on any atom is -0.355 e. The van der Waals surface area contributed by atoms with Gasteiger partial charge in [-0.05, 0) is 34.3 Å². The van der Waals surface area contributed by atoms with Crippen molar-refractivity contribution in [1.29, 1.82) is 0 Å². The van der Waals surface area contributed by atoms with Gasteiger partial charge in [-0.3, -0.25) is 0 Å². The topological polar surface area (TPSA) is 16.1 Å². The number of hydrogen-bond donors (Lipinski definition) is 0. The van der Waals surface area contributed by atoms with Crippen LogP contribution in [0.4, 0.5) is 5.82 Å². The van der Waals surface area contributed by atoms with E-state index in [1.165, 1.54) is 0 Å². The monoisotopic (exact) mass is 366 g/mol. The van der Waals surface area contributed by atoms with E-state index in [4.69, 9.17) is 11.6 Å². The molecule has 1 fully saturated rings. The van der Waals surface area contributed by atoms with Crippen molar-refractivity contribution in [1.82, 2.24) is 4.98 Å². The van der Waals surface area contributed by atoms with E-state index in [1.54, 1.807) is 6.20 Å². The zero-order chi connectivity index (χ0) is 11.7.